The molecule has 8 heteroatoms. The maximum Gasteiger partial charge on any atom is 0.343 e. The highest BCUT2D eigenvalue weighted by atomic mass is 35.5. The number of benzene rings is 2. The molecule has 0 atom stereocenters. The van der Waals surface area contributed by atoms with Gasteiger partial charge in [-0.05, 0) is 18.2 Å². The molecule has 3 rings (SSSR count). The molecule has 2 aromatic rings. The maximum absolute atomic E-state index is 12.3. The van der Waals surface area contributed by atoms with Gasteiger partial charge in [-0.25, -0.2) is 9.69 Å². The first kappa shape index (κ1) is 16.8. The smallest absolute Gasteiger partial charge is 0.343 e. The second-order valence-corrected chi connectivity index (χ2v) is 5.63. The van der Waals surface area contributed by atoms with Crippen LogP contribution in [0.4, 0.5) is 5.69 Å². The van der Waals surface area contributed by atoms with Crippen LogP contribution in [0.2, 0.25) is 5.02 Å². The molecule has 0 fully saturated rings. The van der Waals surface area contributed by atoms with Gasteiger partial charge in [0.2, 0.25) is 0 Å². The van der Waals surface area contributed by atoms with E-state index in [1.807, 2.05) is 0 Å². The van der Waals surface area contributed by atoms with Crippen LogP contribution in [0, 0.1) is 0 Å². The van der Waals surface area contributed by atoms with Crippen molar-refractivity contribution in [2.75, 3.05) is 19.6 Å². The summed E-state index contributed by atoms with van der Waals surface area (Å²) in [5.74, 6) is -1.66. The minimum atomic E-state index is -0.796. The van der Waals surface area contributed by atoms with Crippen molar-refractivity contribution in [2.45, 2.75) is 0 Å². The third kappa shape index (κ3) is 2.89. The van der Waals surface area contributed by atoms with E-state index < -0.39 is 24.5 Å². The number of rotatable bonds is 4. The molecular formula is C17H13ClN2O5. The molecular weight excluding hydrogens is 348 g/mol. The Kier molecular flexibility index (Phi) is 4.33. The summed E-state index contributed by atoms with van der Waals surface area (Å²) in [6, 6.07) is 9.09. The average molecular weight is 361 g/mol. The molecule has 0 aliphatic carbocycles. The number of hydrogen-bond acceptors (Lipinski definition) is 6. The summed E-state index contributed by atoms with van der Waals surface area (Å²) in [6.07, 6.45) is 0. The first-order valence-corrected chi connectivity index (χ1v) is 7.57. The summed E-state index contributed by atoms with van der Waals surface area (Å²) >= 11 is 5.91. The van der Waals surface area contributed by atoms with E-state index >= 15 is 0 Å². The maximum atomic E-state index is 12.3. The van der Waals surface area contributed by atoms with Crippen molar-refractivity contribution in [3.8, 4) is 5.75 Å². The van der Waals surface area contributed by atoms with Crippen molar-refractivity contribution in [2.24, 2.45) is 0 Å². The van der Waals surface area contributed by atoms with Crippen LogP contribution in [0.5, 0.6) is 5.75 Å². The molecule has 0 radical (unpaired) electrons. The van der Waals surface area contributed by atoms with Gasteiger partial charge in [-0.15, -0.1) is 0 Å². The van der Waals surface area contributed by atoms with Gasteiger partial charge >= 0.3 is 5.97 Å². The lowest BCUT2D eigenvalue weighted by molar-refractivity contribution is 0.0226. The van der Waals surface area contributed by atoms with Gasteiger partial charge in [0, 0.05) is 6.07 Å². The fourth-order valence-corrected chi connectivity index (χ4v) is 2.62. The quantitative estimate of drug-likeness (QED) is 0.510. The number of esters is 1. The largest absolute Gasteiger partial charge is 0.496 e. The lowest BCUT2D eigenvalue weighted by Crippen LogP contribution is -2.33. The molecule has 0 unspecified atom stereocenters. The standard InChI is InChI=1S/C17H13ClN2O5/c1-24-14-7-13(19)12(18)6-11(14)17(23)25-8-20-15(21)9-4-2-3-5-10(9)16(20)22/h2-7H,8,19H2,1H3. The Bertz CT molecular complexity index is 862. The number of imide groups is 1. The number of fused-ring (bicyclic) bond motifs is 1. The number of carbonyl (C=O) groups is 3. The number of nitrogens with zero attached hydrogens (tertiary/aromatic N) is 1. The number of amides is 2. The first-order chi connectivity index (χ1) is 11.9. The predicted octanol–water partition coefficient (Wildman–Crippen LogP) is 2.34. The van der Waals surface area contributed by atoms with Crippen LogP contribution in [0.15, 0.2) is 36.4 Å². The molecule has 2 N–H and O–H groups in total. The summed E-state index contributed by atoms with van der Waals surface area (Å²) in [5, 5.41) is 0.161. The van der Waals surface area contributed by atoms with Gasteiger partial charge in [0.15, 0.2) is 6.73 Å². The van der Waals surface area contributed by atoms with Gasteiger partial charge < -0.3 is 15.2 Å². The third-order valence-electron chi connectivity index (χ3n) is 3.74. The number of anilines is 1. The Balaban J connectivity index is 1.77. The summed E-state index contributed by atoms with van der Waals surface area (Å²) in [6.45, 7) is -0.518. The Morgan fingerprint density at radius 3 is 2.32 bits per heavy atom. The minimum absolute atomic E-state index is 0.0401. The topological polar surface area (TPSA) is 98.9 Å². The summed E-state index contributed by atoms with van der Waals surface area (Å²) in [4.78, 5) is 37.6. The zero-order valence-corrected chi connectivity index (χ0v) is 13.9. The zero-order chi connectivity index (χ0) is 18.1. The molecule has 0 spiro atoms. The second kappa shape index (κ2) is 6.45. The van der Waals surface area contributed by atoms with E-state index in [0.29, 0.717) is 0 Å². The second-order valence-electron chi connectivity index (χ2n) is 5.22. The number of hydrogen-bond donors (Lipinski definition) is 1. The molecule has 1 aliphatic heterocycles. The molecule has 0 saturated heterocycles. The van der Waals surface area contributed by atoms with Crippen molar-refractivity contribution >= 4 is 35.1 Å². The lowest BCUT2D eigenvalue weighted by atomic mass is 10.1. The first-order valence-electron chi connectivity index (χ1n) is 7.19. The highest BCUT2D eigenvalue weighted by Gasteiger charge is 2.36. The third-order valence-corrected chi connectivity index (χ3v) is 4.07. The van der Waals surface area contributed by atoms with E-state index in [1.165, 1.54) is 19.2 Å². The summed E-state index contributed by atoms with van der Waals surface area (Å²) < 4.78 is 10.2. The number of nitrogen functional groups attached to an aromatic ring is 1. The Labute approximate surface area is 147 Å². The van der Waals surface area contributed by atoms with E-state index in [4.69, 9.17) is 26.8 Å². The fraction of sp³-hybridized carbons (Fsp3) is 0.118. The summed E-state index contributed by atoms with van der Waals surface area (Å²) in [5.41, 5.74) is 6.50. The lowest BCUT2D eigenvalue weighted by Gasteiger charge is -2.15. The van der Waals surface area contributed by atoms with Gasteiger partial charge in [0.1, 0.15) is 11.3 Å². The van der Waals surface area contributed by atoms with E-state index in [0.717, 1.165) is 4.90 Å². The number of nitrogens with two attached hydrogens (primary N) is 1. The molecule has 0 aromatic heterocycles. The normalized spacial score (nSPS) is 13.0. The highest BCUT2D eigenvalue weighted by molar-refractivity contribution is 6.33. The predicted molar refractivity (Wildman–Crippen MR) is 89.6 cm³/mol. The van der Waals surface area contributed by atoms with Gasteiger partial charge in [0.25, 0.3) is 11.8 Å². The number of halogens is 1. The molecule has 1 aliphatic rings. The Hall–Kier alpha value is -3.06. The van der Waals surface area contributed by atoms with Crippen LogP contribution >= 0.6 is 11.6 Å². The monoisotopic (exact) mass is 360 g/mol. The molecule has 25 heavy (non-hydrogen) atoms. The molecule has 7 nitrogen and oxygen atoms in total. The van der Waals surface area contributed by atoms with Gasteiger partial charge in [-0.1, -0.05) is 23.7 Å². The van der Waals surface area contributed by atoms with E-state index in [-0.39, 0.29) is 33.1 Å². The van der Waals surface area contributed by atoms with Crippen LogP contribution < -0.4 is 10.5 Å². The van der Waals surface area contributed by atoms with Gasteiger partial charge in [-0.2, -0.15) is 0 Å². The molecule has 0 bridgehead atoms. The summed E-state index contributed by atoms with van der Waals surface area (Å²) in [7, 11) is 1.36. The van der Waals surface area contributed by atoms with E-state index in [1.54, 1.807) is 24.3 Å². The van der Waals surface area contributed by atoms with Crippen LogP contribution in [0.3, 0.4) is 0 Å². The number of carbonyl (C=O) groups excluding carboxylic acids is 3. The molecule has 2 amide bonds. The van der Waals surface area contributed by atoms with Crippen LogP contribution in [-0.4, -0.2) is 36.5 Å². The Morgan fingerprint density at radius 2 is 1.76 bits per heavy atom. The molecule has 2 aromatic carbocycles. The number of ether oxygens (including phenoxy) is 2. The van der Waals surface area contributed by atoms with E-state index in [9.17, 15) is 14.4 Å². The van der Waals surface area contributed by atoms with Gasteiger partial charge in [0.05, 0.1) is 28.9 Å². The number of methoxy groups -OCH3 is 1. The average Bonchev–Trinajstić information content (AvgIpc) is 2.86. The highest BCUT2D eigenvalue weighted by Crippen LogP contribution is 2.29. The van der Waals surface area contributed by atoms with Crippen molar-refractivity contribution in [3.05, 3.63) is 58.1 Å². The van der Waals surface area contributed by atoms with Crippen LogP contribution in [0.1, 0.15) is 31.1 Å². The van der Waals surface area contributed by atoms with Crippen molar-refractivity contribution in [1.82, 2.24) is 4.90 Å². The fourth-order valence-electron chi connectivity index (χ4n) is 2.45. The molecule has 0 saturated carbocycles. The van der Waals surface area contributed by atoms with Crippen LogP contribution in [0.25, 0.3) is 0 Å². The minimum Gasteiger partial charge on any atom is -0.496 e. The SMILES string of the molecule is COc1cc(N)c(Cl)cc1C(=O)OCN1C(=O)c2ccccc2C1=O. The van der Waals surface area contributed by atoms with Gasteiger partial charge in [-0.3, -0.25) is 9.59 Å². The zero-order valence-electron chi connectivity index (χ0n) is 13.1. The molecule has 128 valence electrons. The molecule has 1 heterocycles. The Morgan fingerprint density at radius 1 is 1.16 bits per heavy atom. The van der Waals surface area contributed by atoms with Crippen molar-refractivity contribution in [1.29, 1.82) is 0 Å². The van der Waals surface area contributed by atoms with Crippen molar-refractivity contribution in [3.63, 3.8) is 0 Å². The van der Waals surface area contributed by atoms with Crippen molar-refractivity contribution < 1.29 is 23.9 Å². The van der Waals surface area contributed by atoms with Crippen LogP contribution in [-0.2, 0) is 4.74 Å². The van der Waals surface area contributed by atoms with E-state index in [2.05, 4.69) is 0 Å².